The van der Waals surface area contributed by atoms with Gasteiger partial charge >= 0.3 is 13.2 Å². The summed E-state index contributed by atoms with van der Waals surface area (Å²) in [5.74, 6) is 0. The standard InChI is InChI=1S/C17H30BN3O4/c1-15(2,3)23-14(22)21-10-13(11-21)20-9-12(8-19)18-24-16(4,5)17(6,7)25-18/h8-9,13H,10-11,19H2,1-7H3. The summed E-state index contributed by atoms with van der Waals surface area (Å²) < 4.78 is 17.3. The molecule has 0 atom stereocenters. The smallest absolute Gasteiger partial charge is 0.444 e. The number of nitrogens with zero attached hydrogens (tertiary/aromatic N) is 2. The van der Waals surface area contributed by atoms with Crippen LogP contribution in [0.4, 0.5) is 4.79 Å². The minimum Gasteiger partial charge on any atom is -0.444 e. The molecule has 2 heterocycles. The Bertz CT molecular complexity index is 559. The molecule has 0 aliphatic carbocycles. The lowest BCUT2D eigenvalue weighted by Crippen LogP contribution is -2.54. The highest BCUT2D eigenvalue weighted by Gasteiger charge is 2.52. The van der Waals surface area contributed by atoms with Crippen LogP contribution in [0.1, 0.15) is 48.5 Å². The first-order valence-corrected chi connectivity index (χ1v) is 8.63. The van der Waals surface area contributed by atoms with Crippen LogP contribution in [0.25, 0.3) is 0 Å². The average Bonchev–Trinajstić information content (AvgIpc) is 2.58. The fourth-order valence-corrected chi connectivity index (χ4v) is 2.38. The Labute approximate surface area is 150 Å². The number of amides is 1. The highest BCUT2D eigenvalue weighted by Crippen LogP contribution is 2.38. The van der Waals surface area contributed by atoms with Gasteiger partial charge in [-0.3, -0.25) is 4.99 Å². The van der Waals surface area contributed by atoms with Crippen LogP contribution in [0.3, 0.4) is 0 Å². The van der Waals surface area contributed by atoms with Crippen molar-refractivity contribution in [2.45, 2.75) is 71.3 Å². The summed E-state index contributed by atoms with van der Waals surface area (Å²) in [5.41, 5.74) is 5.06. The molecule has 0 aromatic carbocycles. The van der Waals surface area contributed by atoms with Crippen molar-refractivity contribution in [1.29, 1.82) is 0 Å². The van der Waals surface area contributed by atoms with Gasteiger partial charge in [-0.2, -0.15) is 0 Å². The van der Waals surface area contributed by atoms with E-state index in [0.717, 1.165) is 0 Å². The summed E-state index contributed by atoms with van der Waals surface area (Å²) in [5, 5.41) is 0. The summed E-state index contributed by atoms with van der Waals surface area (Å²) in [6.07, 6.45) is 2.83. The molecule has 0 spiro atoms. The lowest BCUT2D eigenvalue weighted by Gasteiger charge is -2.37. The largest absolute Gasteiger partial charge is 0.497 e. The zero-order valence-electron chi connectivity index (χ0n) is 16.3. The molecule has 25 heavy (non-hydrogen) atoms. The van der Waals surface area contributed by atoms with Crippen molar-refractivity contribution in [3.63, 3.8) is 0 Å². The van der Waals surface area contributed by atoms with Crippen molar-refractivity contribution >= 4 is 19.4 Å². The van der Waals surface area contributed by atoms with Crippen LogP contribution >= 0.6 is 0 Å². The van der Waals surface area contributed by atoms with Crippen LogP contribution in [0.15, 0.2) is 16.7 Å². The molecule has 2 N–H and O–H groups in total. The number of nitrogens with two attached hydrogens (primary N) is 1. The molecule has 0 unspecified atom stereocenters. The van der Waals surface area contributed by atoms with Crippen LogP contribution in [0, 0.1) is 0 Å². The molecule has 0 aromatic heterocycles. The van der Waals surface area contributed by atoms with E-state index in [0.29, 0.717) is 18.6 Å². The average molecular weight is 351 g/mol. The molecule has 0 aromatic rings. The van der Waals surface area contributed by atoms with Crippen molar-refractivity contribution in [2.75, 3.05) is 13.1 Å². The Hall–Kier alpha value is -1.54. The van der Waals surface area contributed by atoms with Gasteiger partial charge in [0.2, 0.25) is 0 Å². The summed E-state index contributed by atoms with van der Waals surface area (Å²) in [6.45, 7) is 14.6. The van der Waals surface area contributed by atoms with E-state index >= 15 is 0 Å². The van der Waals surface area contributed by atoms with E-state index in [4.69, 9.17) is 19.8 Å². The van der Waals surface area contributed by atoms with Gasteiger partial charge in [-0.1, -0.05) is 0 Å². The third kappa shape index (κ3) is 4.55. The number of carbonyl (C=O) groups excluding carboxylic acids is 1. The van der Waals surface area contributed by atoms with E-state index in [-0.39, 0.29) is 12.1 Å². The number of hydrogen-bond acceptors (Lipinski definition) is 6. The lowest BCUT2D eigenvalue weighted by atomic mass is 9.79. The van der Waals surface area contributed by atoms with E-state index in [1.165, 1.54) is 6.20 Å². The molecule has 0 saturated carbocycles. The van der Waals surface area contributed by atoms with E-state index < -0.39 is 23.9 Å². The van der Waals surface area contributed by atoms with Gasteiger partial charge in [-0.05, 0) is 54.7 Å². The van der Waals surface area contributed by atoms with Crippen molar-refractivity contribution in [2.24, 2.45) is 10.7 Å². The third-order valence-corrected chi connectivity index (χ3v) is 4.67. The van der Waals surface area contributed by atoms with Crippen molar-refractivity contribution in [3.8, 4) is 0 Å². The van der Waals surface area contributed by atoms with Crippen molar-refractivity contribution < 1.29 is 18.8 Å². The number of carbonyl (C=O) groups is 1. The maximum Gasteiger partial charge on any atom is 0.497 e. The first-order valence-electron chi connectivity index (χ1n) is 8.63. The van der Waals surface area contributed by atoms with Gasteiger partial charge in [0.25, 0.3) is 0 Å². The van der Waals surface area contributed by atoms with Gasteiger partial charge < -0.3 is 24.7 Å². The first kappa shape index (κ1) is 19.8. The number of ether oxygens (including phenoxy) is 1. The van der Waals surface area contributed by atoms with Gasteiger partial charge in [0.1, 0.15) is 5.60 Å². The highest BCUT2D eigenvalue weighted by molar-refractivity contribution is 6.60. The molecule has 2 rings (SSSR count). The molecule has 0 radical (unpaired) electrons. The van der Waals surface area contributed by atoms with Gasteiger partial charge in [0.15, 0.2) is 0 Å². The minimum atomic E-state index is -0.541. The molecule has 2 aliphatic rings. The second-order valence-electron chi connectivity index (χ2n) is 8.57. The molecule has 2 saturated heterocycles. The van der Waals surface area contributed by atoms with Crippen LogP contribution in [-0.4, -0.2) is 60.3 Å². The van der Waals surface area contributed by atoms with Crippen LogP contribution in [0.5, 0.6) is 0 Å². The Morgan fingerprint density at radius 3 is 2.20 bits per heavy atom. The molecule has 140 valence electrons. The Balaban J connectivity index is 1.87. The summed E-state index contributed by atoms with van der Waals surface area (Å²) >= 11 is 0. The zero-order valence-corrected chi connectivity index (χ0v) is 16.3. The number of hydrogen-bond donors (Lipinski definition) is 1. The monoisotopic (exact) mass is 351 g/mol. The zero-order chi connectivity index (χ0) is 19.0. The van der Waals surface area contributed by atoms with E-state index in [9.17, 15) is 4.79 Å². The number of rotatable bonds is 3. The molecule has 0 bridgehead atoms. The second kappa shape index (κ2) is 6.65. The van der Waals surface area contributed by atoms with E-state index in [2.05, 4.69) is 4.99 Å². The quantitative estimate of drug-likeness (QED) is 0.622. The number of allylic oxidation sites excluding steroid dienone is 1. The predicted octanol–water partition coefficient (Wildman–Crippen LogP) is 2.15. The first-order chi connectivity index (χ1) is 11.3. The summed E-state index contributed by atoms with van der Waals surface area (Å²) in [4.78, 5) is 18.0. The molecule has 8 heteroatoms. The van der Waals surface area contributed by atoms with Crippen molar-refractivity contribution in [3.05, 3.63) is 11.7 Å². The summed E-state index contributed by atoms with van der Waals surface area (Å²) in [6, 6.07) is 0.0323. The van der Waals surface area contributed by atoms with E-state index in [1.807, 2.05) is 48.5 Å². The molecule has 7 nitrogen and oxygen atoms in total. The summed E-state index contributed by atoms with van der Waals surface area (Å²) in [7, 11) is -0.541. The molecular formula is C17H30BN3O4. The molecule has 2 fully saturated rings. The maximum atomic E-state index is 11.9. The van der Waals surface area contributed by atoms with Gasteiger partial charge in [0, 0.05) is 24.8 Å². The van der Waals surface area contributed by atoms with Gasteiger partial charge in [-0.15, -0.1) is 0 Å². The van der Waals surface area contributed by atoms with E-state index in [1.54, 1.807) is 11.1 Å². The van der Waals surface area contributed by atoms with Crippen molar-refractivity contribution in [1.82, 2.24) is 4.90 Å². The van der Waals surface area contributed by atoms with Crippen LogP contribution in [-0.2, 0) is 14.0 Å². The lowest BCUT2D eigenvalue weighted by molar-refractivity contribution is 0.00578. The van der Waals surface area contributed by atoms with Crippen LogP contribution in [0.2, 0.25) is 0 Å². The SMILES string of the molecule is CC(C)(C)OC(=O)N1CC(N=CC(=CN)B2OC(C)(C)C(C)(C)O2)C1. The molecular weight excluding hydrogens is 321 g/mol. The van der Waals surface area contributed by atoms with Gasteiger partial charge in [-0.25, -0.2) is 4.79 Å². The number of likely N-dealkylation sites (tertiary alicyclic amines) is 1. The topological polar surface area (TPSA) is 86.4 Å². The van der Waals surface area contributed by atoms with Crippen LogP contribution < -0.4 is 5.73 Å². The Morgan fingerprint density at radius 2 is 1.76 bits per heavy atom. The number of aliphatic imine (C=N–C) groups is 1. The minimum absolute atomic E-state index is 0.0323. The van der Waals surface area contributed by atoms with Gasteiger partial charge in [0.05, 0.1) is 17.2 Å². The molecule has 2 aliphatic heterocycles. The highest BCUT2D eigenvalue weighted by atomic mass is 16.7. The third-order valence-electron chi connectivity index (χ3n) is 4.67. The fourth-order valence-electron chi connectivity index (χ4n) is 2.38. The Morgan fingerprint density at radius 1 is 1.24 bits per heavy atom. The normalized spacial score (nSPS) is 23.9. The molecule has 1 amide bonds. The Kier molecular flexibility index (Phi) is 5.26. The predicted molar refractivity (Wildman–Crippen MR) is 98.4 cm³/mol. The fraction of sp³-hybridized carbons (Fsp3) is 0.765. The second-order valence-corrected chi connectivity index (χ2v) is 8.57. The maximum absolute atomic E-state index is 11.9.